The minimum absolute atomic E-state index is 0. The molecule has 0 spiro atoms. The second-order valence-corrected chi connectivity index (χ2v) is 11.1. The molecule has 0 aromatic carbocycles. The van der Waals surface area contributed by atoms with E-state index in [0.29, 0.717) is 12.0 Å². The number of hydrogen-bond acceptors (Lipinski definition) is 8. The van der Waals surface area contributed by atoms with E-state index in [9.17, 15) is 30.0 Å². The zero-order chi connectivity index (χ0) is 24.4. The molecule has 1 aliphatic heterocycles. The Morgan fingerprint density at radius 2 is 1.74 bits per heavy atom. The average Bonchev–Trinajstić information content (AvgIpc) is 2.66. The normalized spacial score (nSPS) is 42.4. The minimum Gasteiger partial charge on any atom is -0.459 e. The second kappa shape index (κ2) is 11.4. The number of aliphatic hydroxyl groups excluding tert-OH is 2. The van der Waals surface area contributed by atoms with Crippen molar-refractivity contribution in [2.75, 3.05) is 6.61 Å². The average molecular weight is 909 g/mol. The summed E-state index contributed by atoms with van der Waals surface area (Å²) in [5.41, 5.74) is -4.80. The van der Waals surface area contributed by atoms with Gasteiger partial charge in [0.2, 0.25) is 0 Å². The summed E-state index contributed by atoms with van der Waals surface area (Å²) in [7, 11) is 0. The molecule has 1 saturated carbocycles. The first-order valence-corrected chi connectivity index (χ1v) is 11.3. The molecule has 2 fully saturated rings. The number of ether oxygens (including phenoxy) is 2. The molecule has 3 aliphatic rings. The molecular weight excluding hydrogens is 870 g/mol. The van der Waals surface area contributed by atoms with Crippen LogP contribution in [0.1, 0.15) is 61.3 Å². The summed E-state index contributed by atoms with van der Waals surface area (Å²) >= 11 is 0. The van der Waals surface area contributed by atoms with Crippen LogP contribution in [0.2, 0.25) is 0 Å². The van der Waals surface area contributed by atoms with Crippen molar-refractivity contribution in [2.45, 2.75) is 96.9 Å². The van der Waals surface area contributed by atoms with Crippen LogP contribution in [-0.4, -0.2) is 74.4 Å². The largest absolute Gasteiger partial charge is 0.459 e. The molecule has 2 radical (unpaired) electrons. The van der Waals surface area contributed by atoms with Gasteiger partial charge in [-0.2, -0.15) is 0 Å². The van der Waals surface area contributed by atoms with Crippen molar-refractivity contribution in [3.8, 4) is 0 Å². The van der Waals surface area contributed by atoms with Crippen molar-refractivity contribution in [1.82, 2.24) is 0 Å². The summed E-state index contributed by atoms with van der Waals surface area (Å²) in [4.78, 5) is 24.7. The van der Waals surface area contributed by atoms with Crippen LogP contribution in [0, 0.1) is 111 Å². The molecule has 0 amide bonds. The molecule has 8 nitrogen and oxygen atoms in total. The number of ketones is 1. The number of carbonyl (C=O) groups is 2. The number of fused-ring (bicyclic) bond motifs is 1. The number of rotatable bonds is 5. The minimum atomic E-state index is -1.78. The van der Waals surface area contributed by atoms with Gasteiger partial charge in [-0.3, -0.25) is 9.59 Å². The molecule has 10 heteroatoms. The van der Waals surface area contributed by atoms with Gasteiger partial charge in [0.25, 0.3) is 0 Å². The molecule has 0 bridgehead atoms. The van der Waals surface area contributed by atoms with Crippen LogP contribution < -0.4 is 0 Å². The third kappa shape index (κ3) is 5.22. The Morgan fingerprint density at radius 3 is 2.18 bits per heavy atom. The molecule has 0 aromatic rings. The molecular formula is C24H38Ac2O8. The van der Waals surface area contributed by atoms with Crippen molar-refractivity contribution >= 4 is 11.8 Å². The monoisotopic (exact) mass is 908 g/mol. The molecule has 3 rings (SSSR count). The summed E-state index contributed by atoms with van der Waals surface area (Å²) in [6.45, 7) is 11.3. The maximum absolute atomic E-state index is 12.4. The maximum Gasteiger partial charge on any atom is 0.303 e. The predicted octanol–water partition coefficient (Wildman–Crippen LogP) is 1.13. The van der Waals surface area contributed by atoms with Gasteiger partial charge in [-0.1, -0.05) is 33.8 Å². The number of carbonyl (C=O) groups excluding carboxylic acids is 2. The second-order valence-electron chi connectivity index (χ2n) is 11.1. The molecule has 1 heterocycles. The summed E-state index contributed by atoms with van der Waals surface area (Å²) in [5, 5.41) is 45.6. The van der Waals surface area contributed by atoms with Gasteiger partial charge in [0.05, 0.1) is 18.8 Å². The van der Waals surface area contributed by atoms with Crippen LogP contribution in [0.5, 0.6) is 0 Å². The van der Waals surface area contributed by atoms with E-state index in [1.54, 1.807) is 33.8 Å². The van der Waals surface area contributed by atoms with Gasteiger partial charge in [0.15, 0.2) is 5.78 Å². The van der Waals surface area contributed by atoms with Gasteiger partial charge in [-0.15, -0.1) is 0 Å². The number of esters is 1. The standard InChI is InChI=1S/C24H38O8.2Ac/c1-12-9-21(5,6)24(30,10-16(12)27)20(32-15(4)26)18-22(7,19(28)14(3)25)13(2)8-17-23(18,29)11-31-17;;/h9,13,16-20,27-30H,8,10-11H2,1-7H3;;/t13-,16-,17+,18-,19+,20-,22+,23-,24+;;/m0../s1. The maximum atomic E-state index is 12.4. The molecule has 9 atom stereocenters. The number of Topliss-reactive ketones (excluding diaryl/α,β-unsaturated/α-hetero) is 1. The van der Waals surface area contributed by atoms with E-state index < -0.39 is 64.1 Å². The molecule has 188 valence electrons. The Bertz CT molecular complexity index is 832. The van der Waals surface area contributed by atoms with E-state index in [2.05, 4.69) is 0 Å². The number of aliphatic hydroxyl groups is 4. The van der Waals surface area contributed by atoms with Crippen LogP contribution in [0.15, 0.2) is 11.6 Å². The summed E-state index contributed by atoms with van der Waals surface area (Å²) in [6, 6.07) is 0. The van der Waals surface area contributed by atoms with Gasteiger partial charge in [-0.25, -0.2) is 0 Å². The molecule has 0 aromatic heterocycles. The Kier molecular flexibility index (Phi) is 11.2. The van der Waals surface area contributed by atoms with Crippen molar-refractivity contribution in [3.63, 3.8) is 0 Å². The smallest absolute Gasteiger partial charge is 0.303 e. The molecule has 1 saturated heterocycles. The van der Waals surface area contributed by atoms with E-state index in [1.807, 2.05) is 6.92 Å². The summed E-state index contributed by atoms with van der Waals surface area (Å²) < 4.78 is 11.4. The van der Waals surface area contributed by atoms with Crippen molar-refractivity contribution in [3.05, 3.63) is 11.6 Å². The van der Waals surface area contributed by atoms with E-state index in [4.69, 9.17) is 9.47 Å². The zero-order valence-corrected chi connectivity index (χ0v) is 30.7. The van der Waals surface area contributed by atoms with Gasteiger partial charge >= 0.3 is 5.97 Å². The van der Waals surface area contributed by atoms with E-state index in [1.165, 1.54) is 13.8 Å². The first-order valence-electron chi connectivity index (χ1n) is 11.3. The predicted molar refractivity (Wildman–Crippen MR) is 115 cm³/mol. The Labute approximate surface area is 273 Å². The van der Waals surface area contributed by atoms with Crippen LogP contribution in [-0.2, 0) is 19.1 Å². The van der Waals surface area contributed by atoms with Gasteiger partial charge in [0.1, 0.15) is 23.4 Å². The fourth-order valence-corrected chi connectivity index (χ4v) is 6.43. The quantitative estimate of drug-likeness (QED) is 0.239. The SMILES string of the molecule is CC(=O)O[C@@H]([C@@H]1[C@]2(O)CO[C@@H]2C[C@H](C)[C@@]1(C)[C@H](O)C(C)=O)[C@]1(O)C[C@H](O)C(C)=CC1(C)C.[Ac].[Ac]. The molecule has 34 heavy (non-hydrogen) atoms. The summed E-state index contributed by atoms with van der Waals surface area (Å²) in [6.07, 6.45) is -2.29. The van der Waals surface area contributed by atoms with Crippen molar-refractivity contribution in [1.29, 1.82) is 0 Å². The first kappa shape index (κ1) is 33.6. The topological polar surface area (TPSA) is 134 Å². The van der Waals surface area contributed by atoms with Crippen LogP contribution in [0.4, 0.5) is 0 Å². The Morgan fingerprint density at radius 1 is 1.18 bits per heavy atom. The van der Waals surface area contributed by atoms with Crippen molar-refractivity contribution in [2.24, 2.45) is 22.7 Å². The van der Waals surface area contributed by atoms with Crippen LogP contribution >= 0.6 is 0 Å². The Balaban J connectivity index is 0.00000289. The molecule has 2 aliphatic carbocycles. The van der Waals surface area contributed by atoms with Gasteiger partial charge in [0, 0.05) is 118 Å². The fraction of sp³-hybridized carbons (Fsp3) is 0.833. The van der Waals surface area contributed by atoms with Gasteiger partial charge in [-0.05, 0) is 31.8 Å². The van der Waals surface area contributed by atoms with E-state index in [-0.39, 0.29) is 107 Å². The van der Waals surface area contributed by atoms with E-state index >= 15 is 0 Å². The van der Waals surface area contributed by atoms with Gasteiger partial charge < -0.3 is 29.9 Å². The van der Waals surface area contributed by atoms with Crippen LogP contribution in [0.3, 0.4) is 0 Å². The molecule has 0 unspecified atom stereocenters. The van der Waals surface area contributed by atoms with Crippen LogP contribution in [0.25, 0.3) is 0 Å². The van der Waals surface area contributed by atoms with Crippen molar-refractivity contribution < 1.29 is 128 Å². The Hall–Kier alpha value is 1.56. The number of hydrogen-bond donors (Lipinski definition) is 4. The third-order valence-electron chi connectivity index (χ3n) is 8.69. The zero-order valence-electron chi connectivity index (χ0n) is 21.2. The summed E-state index contributed by atoms with van der Waals surface area (Å²) in [5.74, 6) is -2.46. The molecule has 4 N–H and O–H groups in total. The first-order chi connectivity index (χ1) is 14.5. The fourth-order valence-electron chi connectivity index (χ4n) is 6.43. The van der Waals surface area contributed by atoms with E-state index in [0.717, 1.165) is 0 Å². The third-order valence-corrected chi connectivity index (χ3v) is 8.69.